The highest BCUT2D eigenvalue weighted by Gasteiger charge is 2.35. The predicted octanol–water partition coefficient (Wildman–Crippen LogP) is 6.09. The van der Waals surface area contributed by atoms with Gasteiger partial charge in [0.15, 0.2) is 5.78 Å². The monoisotopic (exact) mass is 533 g/mol. The fourth-order valence-corrected chi connectivity index (χ4v) is 3.21. The molecule has 2 aromatic carbocycles. The molecule has 0 aliphatic rings. The summed E-state index contributed by atoms with van der Waals surface area (Å²) in [4.78, 5) is 28.5. The lowest BCUT2D eigenvalue weighted by atomic mass is 9.99. The summed E-state index contributed by atoms with van der Waals surface area (Å²) in [6, 6.07) is 7.10. The maximum atomic E-state index is 13.5. The second-order valence-corrected chi connectivity index (χ2v) is 8.04. The Morgan fingerprint density at radius 1 is 0.947 bits per heavy atom. The Bertz CT molecular complexity index is 1470. The Hall–Kier alpha value is -4.66. The van der Waals surface area contributed by atoms with E-state index in [0.29, 0.717) is 18.2 Å². The summed E-state index contributed by atoms with van der Waals surface area (Å²) in [7, 11) is 0. The van der Waals surface area contributed by atoms with Crippen LogP contribution < -0.4 is 5.32 Å². The zero-order chi connectivity index (χ0) is 28.3. The standard InChI is InChI=1S/C26H17F6N3O3/c1-14(33)8-22(37)17-9-16(10-18(12-17)25(27,28)29)3-2-15-4-6-21(26(30,31)32)20(11-15)24(38)35-23-7-5-19(36)13-34-23/h4-7,9-13,33,36H,8H2,1H3,(H,34,35,38). The van der Waals surface area contributed by atoms with Gasteiger partial charge in [-0.15, -0.1) is 0 Å². The summed E-state index contributed by atoms with van der Waals surface area (Å²) in [5.74, 6) is 2.53. The van der Waals surface area contributed by atoms with E-state index in [1.807, 2.05) is 0 Å². The van der Waals surface area contributed by atoms with Gasteiger partial charge in [0.25, 0.3) is 5.91 Å². The lowest BCUT2D eigenvalue weighted by Crippen LogP contribution is -2.19. The van der Waals surface area contributed by atoms with Crippen molar-refractivity contribution >= 4 is 23.2 Å². The van der Waals surface area contributed by atoms with E-state index in [2.05, 4.69) is 22.1 Å². The van der Waals surface area contributed by atoms with E-state index < -0.39 is 47.2 Å². The van der Waals surface area contributed by atoms with E-state index in [4.69, 9.17) is 5.41 Å². The lowest BCUT2D eigenvalue weighted by molar-refractivity contribution is -0.138. The van der Waals surface area contributed by atoms with Crippen LogP contribution in [0.3, 0.4) is 0 Å². The van der Waals surface area contributed by atoms with Crippen LogP contribution in [-0.2, 0) is 12.4 Å². The Labute approximate surface area is 211 Å². The van der Waals surface area contributed by atoms with Gasteiger partial charge in [-0.25, -0.2) is 4.98 Å². The molecular weight excluding hydrogens is 516 g/mol. The van der Waals surface area contributed by atoms with Gasteiger partial charge in [-0.2, -0.15) is 26.3 Å². The molecule has 0 fully saturated rings. The van der Waals surface area contributed by atoms with Crippen molar-refractivity contribution in [3.8, 4) is 17.6 Å². The number of benzene rings is 2. The number of amides is 1. The minimum Gasteiger partial charge on any atom is -0.506 e. The second kappa shape index (κ2) is 10.8. The Kier molecular flexibility index (Phi) is 7.90. The van der Waals surface area contributed by atoms with Crippen LogP contribution in [0.1, 0.15) is 56.3 Å². The van der Waals surface area contributed by atoms with Crippen molar-refractivity contribution in [3.63, 3.8) is 0 Å². The number of nitrogens with one attached hydrogen (secondary N) is 2. The minimum absolute atomic E-state index is 0.0573. The number of alkyl halides is 6. The van der Waals surface area contributed by atoms with Crippen molar-refractivity contribution in [2.45, 2.75) is 25.7 Å². The zero-order valence-electron chi connectivity index (χ0n) is 19.4. The van der Waals surface area contributed by atoms with E-state index >= 15 is 0 Å². The van der Waals surface area contributed by atoms with Crippen LogP contribution in [0, 0.1) is 17.3 Å². The number of pyridine rings is 1. The van der Waals surface area contributed by atoms with Crippen molar-refractivity contribution < 1.29 is 41.0 Å². The third-order valence-electron chi connectivity index (χ3n) is 4.92. The van der Waals surface area contributed by atoms with Gasteiger partial charge in [-0.3, -0.25) is 9.59 Å². The first-order valence-corrected chi connectivity index (χ1v) is 10.6. The average Bonchev–Trinajstić information content (AvgIpc) is 2.82. The van der Waals surface area contributed by atoms with Crippen LogP contribution in [0.15, 0.2) is 54.7 Å². The topological polar surface area (TPSA) is 103 Å². The van der Waals surface area contributed by atoms with Crippen LogP contribution in [0.5, 0.6) is 5.75 Å². The molecule has 0 unspecified atom stereocenters. The Balaban J connectivity index is 2.03. The van der Waals surface area contributed by atoms with Crippen molar-refractivity contribution in [2.24, 2.45) is 0 Å². The summed E-state index contributed by atoms with van der Waals surface area (Å²) in [5, 5.41) is 18.8. The maximum absolute atomic E-state index is 13.5. The van der Waals surface area contributed by atoms with E-state index in [9.17, 15) is 41.0 Å². The first kappa shape index (κ1) is 27.9. The molecule has 6 nitrogen and oxygen atoms in total. The third-order valence-corrected chi connectivity index (χ3v) is 4.92. The van der Waals surface area contributed by atoms with Gasteiger partial charge < -0.3 is 15.8 Å². The molecule has 3 rings (SSSR count). The van der Waals surface area contributed by atoms with E-state index in [1.165, 1.54) is 6.92 Å². The largest absolute Gasteiger partial charge is 0.506 e. The molecule has 38 heavy (non-hydrogen) atoms. The summed E-state index contributed by atoms with van der Waals surface area (Å²) < 4.78 is 80.7. The molecule has 12 heteroatoms. The average molecular weight is 533 g/mol. The number of halogens is 6. The smallest absolute Gasteiger partial charge is 0.417 e. The van der Waals surface area contributed by atoms with Crippen LogP contribution in [0.4, 0.5) is 32.2 Å². The summed E-state index contributed by atoms with van der Waals surface area (Å²) in [5.41, 5.74) is -4.02. The van der Waals surface area contributed by atoms with Crippen LogP contribution in [0.2, 0.25) is 0 Å². The summed E-state index contributed by atoms with van der Waals surface area (Å²) in [6.45, 7) is 1.32. The lowest BCUT2D eigenvalue weighted by Gasteiger charge is -2.13. The molecule has 0 aliphatic carbocycles. The molecule has 3 aromatic rings. The fourth-order valence-electron chi connectivity index (χ4n) is 3.21. The SMILES string of the molecule is CC(=N)CC(=O)c1cc(C#Cc2ccc(C(F)(F)F)c(C(=O)Nc3ccc(O)cn3)c2)cc(C(F)(F)F)c1. The van der Waals surface area contributed by atoms with Crippen molar-refractivity contribution in [3.05, 3.63) is 88.1 Å². The van der Waals surface area contributed by atoms with Crippen molar-refractivity contribution in [1.29, 1.82) is 5.41 Å². The maximum Gasteiger partial charge on any atom is 0.417 e. The van der Waals surface area contributed by atoms with Crippen LogP contribution in [-0.4, -0.2) is 27.5 Å². The van der Waals surface area contributed by atoms with E-state index in [-0.39, 0.29) is 34.0 Å². The number of nitrogens with zero attached hydrogens (tertiary/aromatic N) is 1. The zero-order valence-corrected chi connectivity index (χ0v) is 19.4. The predicted molar refractivity (Wildman–Crippen MR) is 125 cm³/mol. The van der Waals surface area contributed by atoms with Gasteiger partial charge in [-0.1, -0.05) is 11.8 Å². The number of carbonyl (C=O) groups excluding carboxylic acids is 2. The Morgan fingerprint density at radius 3 is 2.21 bits per heavy atom. The Morgan fingerprint density at radius 2 is 1.63 bits per heavy atom. The fraction of sp³-hybridized carbons (Fsp3) is 0.154. The number of Topliss-reactive ketones (excluding diaryl/α,β-unsaturated/α-hetero) is 1. The van der Waals surface area contributed by atoms with Gasteiger partial charge in [0.1, 0.15) is 11.6 Å². The summed E-state index contributed by atoms with van der Waals surface area (Å²) in [6.07, 6.45) is -9.15. The highest BCUT2D eigenvalue weighted by molar-refractivity contribution is 6.08. The molecule has 0 aliphatic heterocycles. The molecule has 0 atom stereocenters. The first-order chi connectivity index (χ1) is 17.6. The number of aromatic nitrogens is 1. The molecule has 1 amide bonds. The number of aromatic hydroxyl groups is 1. The highest BCUT2D eigenvalue weighted by Crippen LogP contribution is 2.33. The first-order valence-electron chi connectivity index (χ1n) is 10.6. The molecule has 0 bridgehead atoms. The molecule has 0 spiro atoms. The number of carbonyl (C=O) groups is 2. The molecule has 0 saturated heterocycles. The van der Waals surface area contributed by atoms with Crippen molar-refractivity contribution in [2.75, 3.05) is 5.32 Å². The molecule has 0 saturated carbocycles. The van der Waals surface area contributed by atoms with Crippen LogP contribution in [0.25, 0.3) is 0 Å². The number of hydrogen-bond acceptors (Lipinski definition) is 5. The molecular formula is C26H17F6N3O3. The minimum atomic E-state index is -4.91. The van der Waals surface area contributed by atoms with Gasteiger partial charge in [0.05, 0.1) is 22.9 Å². The van der Waals surface area contributed by atoms with E-state index in [1.54, 1.807) is 0 Å². The summed E-state index contributed by atoms with van der Waals surface area (Å²) >= 11 is 0. The van der Waals surface area contributed by atoms with Crippen molar-refractivity contribution in [1.82, 2.24) is 4.98 Å². The number of rotatable bonds is 5. The number of hydrogen-bond donors (Lipinski definition) is 3. The quantitative estimate of drug-likeness (QED) is 0.160. The molecule has 3 N–H and O–H groups in total. The normalized spacial score (nSPS) is 11.3. The van der Waals surface area contributed by atoms with Gasteiger partial charge >= 0.3 is 12.4 Å². The number of anilines is 1. The van der Waals surface area contributed by atoms with Gasteiger partial charge in [0, 0.05) is 28.8 Å². The molecule has 1 heterocycles. The number of ketones is 1. The highest BCUT2D eigenvalue weighted by atomic mass is 19.4. The van der Waals surface area contributed by atoms with E-state index in [0.717, 1.165) is 36.5 Å². The molecule has 0 radical (unpaired) electrons. The third kappa shape index (κ3) is 7.19. The molecule has 1 aromatic heterocycles. The second-order valence-electron chi connectivity index (χ2n) is 8.04. The van der Waals surface area contributed by atoms with Gasteiger partial charge in [-0.05, 0) is 55.5 Å². The van der Waals surface area contributed by atoms with Gasteiger partial charge in [0.2, 0.25) is 0 Å². The molecule has 196 valence electrons. The van der Waals surface area contributed by atoms with Crippen LogP contribution >= 0.6 is 0 Å².